The van der Waals surface area contributed by atoms with Crippen LogP contribution in [0.4, 0.5) is 17.5 Å². The summed E-state index contributed by atoms with van der Waals surface area (Å²) in [6.45, 7) is 4.77. The van der Waals surface area contributed by atoms with Gasteiger partial charge in [-0.05, 0) is 26.7 Å². The zero-order valence-corrected chi connectivity index (χ0v) is 15.3. The van der Waals surface area contributed by atoms with Crippen LogP contribution in [0.1, 0.15) is 37.5 Å². The van der Waals surface area contributed by atoms with Crippen molar-refractivity contribution in [3.05, 3.63) is 35.5 Å². The van der Waals surface area contributed by atoms with Crippen molar-refractivity contribution < 1.29 is 0 Å². The van der Waals surface area contributed by atoms with Crippen LogP contribution in [-0.2, 0) is 0 Å². The van der Waals surface area contributed by atoms with Gasteiger partial charge in [0.05, 0.1) is 48.3 Å². The molecule has 3 aromatic heterocycles. The van der Waals surface area contributed by atoms with Crippen LogP contribution in [-0.4, -0.2) is 41.3 Å². The molecule has 3 aromatic rings. The van der Waals surface area contributed by atoms with Gasteiger partial charge in [-0.1, -0.05) is 11.6 Å². The van der Waals surface area contributed by atoms with Crippen LogP contribution in [0.5, 0.6) is 0 Å². The number of anilines is 3. The first-order valence-electron chi connectivity index (χ1n) is 8.59. The first-order valence-corrected chi connectivity index (χ1v) is 8.96. The smallest absolute Gasteiger partial charge is 0.229 e. The summed E-state index contributed by atoms with van der Waals surface area (Å²) in [5.41, 5.74) is 1.93. The first kappa shape index (κ1) is 16.8. The standard InChI is InChI=1S/C16H20ClN9/c1-3-18-15-13(17)8-19-16(24-15)23-14-9-22-25(10(14)2)11-6-12(7-11)26-20-4-5-21-26/h4-5,8-9,11-12H,3,6-7H2,1-2H3,(H2,18,19,23,24)/t11-,12-. The molecule has 4 rings (SSSR count). The summed E-state index contributed by atoms with van der Waals surface area (Å²) in [6, 6.07) is 0.697. The van der Waals surface area contributed by atoms with E-state index in [1.807, 2.05) is 18.5 Å². The molecule has 0 atom stereocenters. The van der Waals surface area contributed by atoms with E-state index in [0.29, 0.717) is 28.9 Å². The molecular weight excluding hydrogens is 354 g/mol. The molecule has 1 aliphatic rings. The SMILES string of the molecule is CCNc1nc(Nc2cnn([C@H]3C[C@H](n4nccn4)C3)c2C)ncc1Cl. The summed E-state index contributed by atoms with van der Waals surface area (Å²) >= 11 is 6.09. The van der Waals surface area contributed by atoms with Crippen LogP contribution in [0.2, 0.25) is 5.02 Å². The Morgan fingerprint density at radius 3 is 2.65 bits per heavy atom. The van der Waals surface area contributed by atoms with Crippen molar-refractivity contribution >= 4 is 29.1 Å². The summed E-state index contributed by atoms with van der Waals surface area (Å²) in [5, 5.41) is 19.8. The molecule has 2 N–H and O–H groups in total. The van der Waals surface area contributed by atoms with Gasteiger partial charge in [-0.25, -0.2) is 4.98 Å². The zero-order chi connectivity index (χ0) is 18.1. The summed E-state index contributed by atoms with van der Waals surface area (Å²) in [6.07, 6.45) is 8.75. The second-order valence-electron chi connectivity index (χ2n) is 6.26. The number of nitrogens with zero attached hydrogens (tertiary/aromatic N) is 7. The van der Waals surface area contributed by atoms with Crippen molar-refractivity contribution in [2.24, 2.45) is 0 Å². The fraction of sp³-hybridized carbons (Fsp3) is 0.438. The number of nitrogens with one attached hydrogen (secondary N) is 2. The third-order valence-electron chi connectivity index (χ3n) is 4.58. The number of aromatic nitrogens is 7. The normalized spacial score (nSPS) is 19.2. The van der Waals surface area contributed by atoms with E-state index >= 15 is 0 Å². The van der Waals surface area contributed by atoms with Gasteiger partial charge in [0.25, 0.3) is 0 Å². The molecular formula is C16H20ClN9. The fourth-order valence-electron chi connectivity index (χ4n) is 3.12. The average Bonchev–Trinajstić information content (AvgIpc) is 3.22. The lowest BCUT2D eigenvalue weighted by atomic mass is 9.87. The van der Waals surface area contributed by atoms with Crippen LogP contribution in [0.25, 0.3) is 0 Å². The molecule has 1 aliphatic carbocycles. The summed E-state index contributed by atoms with van der Waals surface area (Å²) in [4.78, 5) is 10.4. The molecule has 3 heterocycles. The van der Waals surface area contributed by atoms with Crippen molar-refractivity contribution in [2.45, 2.75) is 38.8 Å². The van der Waals surface area contributed by atoms with Crippen molar-refractivity contribution in [3.8, 4) is 0 Å². The molecule has 0 aromatic carbocycles. The average molecular weight is 374 g/mol. The Hall–Kier alpha value is -2.68. The monoisotopic (exact) mass is 373 g/mol. The van der Waals surface area contributed by atoms with E-state index in [1.165, 1.54) is 0 Å². The van der Waals surface area contributed by atoms with Gasteiger partial charge in [0, 0.05) is 6.54 Å². The number of halogens is 1. The van der Waals surface area contributed by atoms with Crippen LogP contribution >= 0.6 is 11.6 Å². The maximum atomic E-state index is 6.09. The Morgan fingerprint density at radius 1 is 1.15 bits per heavy atom. The minimum Gasteiger partial charge on any atom is -0.369 e. The maximum absolute atomic E-state index is 6.09. The lowest BCUT2D eigenvalue weighted by Crippen LogP contribution is -2.31. The van der Waals surface area contributed by atoms with Crippen LogP contribution in [0.15, 0.2) is 24.8 Å². The zero-order valence-electron chi connectivity index (χ0n) is 14.6. The third kappa shape index (κ3) is 3.10. The van der Waals surface area contributed by atoms with Gasteiger partial charge in [0.15, 0.2) is 0 Å². The number of hydrogen-bond donors (Lipinski definition) is 2. The van der Waals surface area contributed by atoms with E-state index in [4.69, 9.17) is 11.6 Å². The van der Waals surface area contributed by atoms with Crippen molar-refractivity contribution in [1.29, 1.82) is 0 Å². The van der Waals surface area contributed by atoms with E-state index < -0.39 is 0 Å². The Morgan fingerprint density at radius 2 is 1.92 bits per heavy atom. The molecule has 0 unspecified atom stereocenters. The molecule has 0 amide bonds. The Labute approximate surface area is 155 Å². The van der Waals surface area contributed by atoms with Crippen molar-refractivity contribution in [3.63, 3.8) is 0 Å². The minimum atomic E-state index is 0.345. The highest BCUT2D eigenvalue weighted by atomic mass is 35.5. The van der Waals surface area contributed by atoms with Gasteiger partial charge in [0.2, 0.25) is 5.95 Å². The number of rotatable bonds is 6. The topological polar surface area (TPSA) is 98.4 Å². The van der Waals surface area contributed by atoms with Crippen LogP contribution < -0.4 is 10.6 Å². The Bertz CT molecular complexity index is 883. The lowest BCUT2D eigenvalue weighted by Gasteiger charge is -2.35. The van der Waals surface area contributed by atoms with Crippen LogP contribution in [0.3, 0.4) is 0 Å². The fourth-order valence-corrected chi connectivity index (χ4v) is 3.27. The molecule has 0 saturated heterocycles. The molecule has 0 aliphatic heterocycles. The highest BCUT2D eigenvalue weighted by molar-refractivity contribution is 6.32. The van der Waals surface area contributed by atoms with E-state index in [2.05, 4.69) is 35.9 Å². The molecule has 26 heavy (non-hydrogen) atoms. The van der Waals surface area contributed by atoms with Gasteiger partial charge in [-0.3, -0.25) is 4.68 Å². The third-order valence-corrected chi connectivity index (χ3v) is 4.85. The molecule has 136 valence electrons. The van der Waals surface area contributed by atoms with Gasteiger partial charge in [-0.15, -0.1) is 0 Å². The van der Waals surface area contributed by atoms with Gasteiger partial charge >= 0.3 is 0 Å². The lowest BCUT2D eigenvalue weighted by molar-refractivity contribution is 0.158. The molecule has 10 heteroatoms. The van der Waals surface area contributed by atoms with E-state index in [-0.39, 0.29) is 0 Å². The molecule has 9 nitrogen and oxygen atoms in total. The van der Waals surface area contributed by atoms with Gasteiger partial charge < -0.3 is 10.6 Å². The quantitative estimate of drug-likeness (QED) is 0.685. The molecule has 0 bridgehead atoms. The van der Waals surface area contributed by atoms with Crippen molar-refractivity contribution in [1.82, 2.24) is 34.7 Å². The minimum absolute atomic E-state index is 0.345. The Kier molecular flexibility index (Phi) is 4.46. The maximum Gasteiger partial charge on any atom is 0.229 e. The largest absolute Gasteiger partial charge is 0.369 e. The van der Waals surface area contributed by atoms with Crippen molar-refractivity contribution in [2.75, 3.05) is 17.2 Å². The van der Waals surface area contributed by atoms with Gasteiger partial charge in [-0.2, -0.15) is 25.1 Å². The predicted octanol–water partition coefficient (Wildman–Crippen LogP) is 2.98. The number of hydrogen-bond acceptors (Lipinski definition) is 7. The van der Waals surface area contributed by atoms with E-state index in [9.17, 15) is 0 Å². The highest BCUT2D eigenvalue weighted by Crippen LogP contribution is 2.41. The second-order valence-corrected chi connectivity index (χ2v) is 6.67. The summed E-state index contributed by atoms with van der Waals surface area (Å²) in [5.74, 6) is 1.10. The van der Waals surface area contributed by atoms with Gasteiger partial charge in [0.1, 0.15) is 10.8 Å². The summed E-state index contributed by atoms with van der Waals surface area (Å²) < 4.78 is 2.05. The molecule has 0 radical (unpaired) electrons. The van der Waals surface area contributed by atoms with E-state index in [1.54, 1.807) is 29.6 Å². The second kappa shape index (κ2) is 6.91. The molecule has 1 saturated carbocycles. The van der Waals surface area contributed by atoms with Crippen LogP contribution in [0, 0.1) is 6.92 Å². The van der Waals surface area contributed by atoms with E-state index in [0.717, 1.165) is 30.8 Å². The molecule has 0 spiro atoms. The first-order chi connectivity index (χ1) is 12.7. The Balaban J connectivity index is 1.46. The predicted molar refractivity (Wildman–Crippen MR) is 98.8 cm³/mol. The molecule has 1 fully saturated rings. The summed E-state index contributed by atoms with van der Waals surface area (Å²) in [7, 11) is 0. The highest BCUT2D eigenvalue weighted by Gasteiger charge is 2.34.